The summed E-state index contributed by atoms with van der Waals surface area (Å²) in [5, 5.41) is 27.6. The number of aromatic amines is 1. The minimum Gasteiger partial charge on any atom is -0.396 e. The molecule has 0 radical (unpaired) electrons. The van der Waals surface area contributed by atoms with Gasteiger partial charge in [0.25, 0.3) is 5.56 Å². The standard InChI is InChI=1S/C11H13N5O3/c12-3-6-4-16(5-7(18)1-2-17)9-8(6)10(19)15-11(13)14-9/h4,7,17-18H,1-2,5H2,(H3,13,14,15,19). The second-order valence-electron chi connectivity index (χ2n) is 4.12. The Kier molecular flexibility index (Phi) is 3.50. The molecule has 0 saturated carbocycles. The summed E-state index contributed by atoms with van der Waals surface area (Å²) >= 11 is 0. The van der Waals surface area contributed by atoms with Crippen LogP contribution in [0.4, 0.5) is 5.95 Å². The number of fused-ring (bicyclic) bond motifs is 1. The summed E-state index contributed by atoms with van der Waals surface area (Å²) in [6.45, 7) is -0.0315. The second-order valence-corrected chi connectivity index (χ2v) is 4.12. The van der Waals surface area contributed by atoms with Crippen LogP contribution in [0.25, 0.3) is 11.0 Å². The van der Waals surface area contributed by atoms with Crippen molar-refractivity contribution in [2.75, 3.05) is 12.3 Å². The molecule has 0 fully saturated rings. The Morgan fingerprint density at radius 3 is 3.00 bits per heavy atom. The van der Waals surface area contributed by atoms with Crippen LogP contribution >= 0.6 is 0 Å². The average Bonchev–Trinajstić information content (AvgIpc) is 2.68. The van der Waals surface area contributed by atoms with Crippen LogP contribution in [0.15, 0.2) is 11.0 Å². The van der Waals surface area contributed by atoms with Gasteiger partial charge in [0.1, 0.15) is 11.5 Å². The minimum absolute atomic E-state index is 0.0574. The number of nitrogen functional groups attached to an aromatic ring is 1. The molecule has 0 saturated heterocycles. The van der Waals surface area contributed by atoms with E-state index < -0.39 is 11.7 Å². The molecule has 0 aliphatic carbocycles. The normalized spacial score (nSPS) is 12.5. The van der Waals surface area contributed by atoms with Gasteiger partial charge in [-0.05, 0) is 6.42 Å². The summed E-state index contributed by atoms with van der Waals surface area (Å²) in [4.78, 5) is 18.1. The summed E-state index contributed by atoms with van der Waals surface area (Å²) < 4.78 is 1.49. The molecular weight excluding hydrogens is 250 g/mol. The fourth-order valence-electron chi connectivity index (χ4n) is 1.90. The molecule has 0 bridgehead atoms. The van der Waals surface area contributed by atoms with Crippen LogP contribution < -0.4 is 11.3 Å². The summed E-state index contributed by atoms with van der Waals surface area (Å²) in [5.74, 6) is -0.0574. The SMILES string of the molecule is N#Cc1cn(CC(O)CCO)c2nc(N)[nH]c(=O)c12. The molecule has 2 aromatic rings. The predicted octanol–water partition coefficient (Wildman–Crippen LogP) is -1.08. The number of aliphatic hydroxyl groups is 2. The van der Waals surface area contributed by atoms with Crippen molar-refractivity contribution in [2.45, 2.75) is 19.1 Å². The highest BCUT2D eigenvalue weighted by Gasteiger charge is 2.16. The Hall–Kier alpha value is -2.37. The van der Waals surface area contributed by atoms with Crippen LogP contribution in [0.1, 0.15) is 12.0 Å². The predicted molar refractivity (Wildman–Crippen MR) is 67.2 cm³/mol. The number of rotatable bonds is 4. The van der Waals surface area contributed by atoms with Crippen molar-refractivity contribution < 1.29 is 10.2 Å². The van der Waals surface area contributed by atoms with Crippen LogP contribution in [-0.2, 0) is 6.54 Å². The Morgan fingerprint density at radius 1 is 1.63 bits per heavy atom. The number of H-pyrrole nitrogens is 1. The third-order valence-corrected chi connectivity index (χ3v) is 2.74. The molecule has 2 heterocycles. The molecule has 5 N–H and O–H groups in total. The summed E-state index contributed by atoms with van der Waals surface area (Å²) in [6, 6.07) is 1.90. The lowest BCUT2D eigenvalue weighted by molar-refractivity contribution is 0.118. The highest BCUT2D eigenvalue weighted by atomic mass is 16.3. The van der Waals surface area contributed by atoms with E-state index in [9.17, 15) is 9.90 Å². The molecule has 0 aliphatic heterocycles. The molecule has 1 atom stereocenters. The summed E-state index contributed by atoms with van der Waals surface area (Å²) in [7, 11) is 0. The van der Waals surface area contributed by atoms with Gasteiger partial charge < -0.3 is 20.5 Å². The van der Waals surface area contributed by atoms with Crippen molar-refractivity contribution >= 4 is 17.0 Å². The van der Waals surface area contributed by atoms with E-state index in [2.05, 4.69) is 9.97 Å². The zero-order chi connectivity index (χ0) is 14.0. The van der Waals surface area contributed by atoms with Gasteiger partial charge in [-0.25, -0.2) is 0 Å². The van der Waals surface area contributed by atoms with Gasteiger partial charge in [0.2, 0.25) is 5.95 Å². The number of hydrogen-bond acceptors (Lipinski definition) is 6. The maximum atomic E-state index is 11.8. The van der Waals surface area contributed by atoms with Gasteiger partial charge in [0.15, 0.2) is 5.65 Å². The Labute approximate surface area is 107 Å². The largest absolute Gasteiger partial charge is 0.396 e. The zero-order valence-electron chi connectivity index (χ0n) is 10.00. The van der Waals surface area contributed by atoms with E-state index in [1.54, 1.807) is 0 Å². The van der Waals surface area contributed by atoms with Gasteiger partial charge in [-0.1, -0.05) is 0 Å². The maximum Gasteiger partial charge on any atom is 0.263 e. The Morgan fingerprint density at radius 2 is 2.37 bits per heavy atom. The molecule has 8 nitrogen and oxygen atoms in total. The number of aromatic nitrogens is 3. The summed E-state index contributed by atoms with van der Waals surface area (Å²) in [5.41, 5.74) is 5.39. The highest BCUT2D eigenvalue weighted by Crippen LogP contribution is 2.16. The first kappa shape index (κ1) is 13.1. The van der Waals surface area contributed by atoms with Crippen molar-refractivity contribution in [1.29, 1.82) is 5.26 Å². The van der Waals surface area contributed by atoms with Crippen molar-refractivity contribution in [3.05, 3.63) is 22.1 Å². The molecule has 8 heteroatoms. The molecule has 2 rings (SSSR count). The van der Waals surface area contributed by atoms with Crippen LogP contribution in [0, 0.1) is 11.3 Å². The van der Waals surface area contributed by atoms with Crippen molar-refractivity contribution in [3.8, 4) is 6.07 Å². The number of anilines is 1. The monoisotopic (exact) mass is 263 g/mol. The van der Waals surface area contributed by atoms with Gasteiger partial charge >= 0.3 is 0 Å². The van der Waals surface area contributed by atoms with E-state index in [0.717, 1.165) is 0 Å². The number of aliphatic hydroxyl groups excluding tert-OH is 2. The molecule has 0 amide bonds. The first-order valence-corrected chi connectivity index (χ1v) is 5.64. The van der Waals surface area contributed by atoms with Crippen molar-refractivity contribution in [3.63, 3.8) is 0 Å². The first-order valence-electron chi connectivity index (χ1n) is 5.64. The van der Waals surface area contributed by atoms with E-state index >= 15 is 0 Å². The van der Waals surface area contributed by atoms with E-state index in [4.69, 9.17) is 16.1 Å². The Balaban J connectivity index is 2.56. The lowest BCUT2D eigenvalue weighted by Crippen LogP contribution is -2.18. The smallest absolute Gasteiger partial charge is 0.263 e. The van der Waals surface area contributed by atoms with Crippen LogP contribution in [0.5, 0.6) is 0 Å². The quantitative estimate of drug-likeness (QED) is 0.553. The summed E-state index contributed by atoms with van der Waals surface area (Å²) in [6.07, 6.45) is 0.835. The lowest BCUT2D eigenvalue weighted by atomic mass is 10.2. The fourth-order valence-corrected chi connectivity index (χ4v) is 1.90. The second kappa shape index (κ2) is 5.09. The van der Waals surface area contributed by atoms with Crippen LogP contribution in [0.2, 0.25) is 0 Å². The van der Waals surface area contributed by atoms with E-state index in [1.807, 2.05) is 6.07 Å². The molecule has 0 aromatic carbocycles. The van der Waals surface area contributed by atoms with Gasteiger partial charge in [-0.3, -0.25) is 9.78 Å². The fraction of sp³-hybridized carbons (Fsp3) is 0.364. The molecule has 2 aromatic heterocycles. The molecular formula is C11H13N5O3. The van der Waals surface area contributed by atoms with Crippen LogP contribution in [-0.4, -0.2) is 37.5 Å². The van der Waals surface area contributed by atoms with Crippen molar-refractivity contribution in [2.24, 2.45) is 0 Å². The Bertz CT molecular complexity index is 697. The molecule has 100 valence electrons. The number of hydrogen-bond donors (Lipinski definition) is 4. The topological polar surface area (TPSA) is 141 Å². The van der Waals surface area contributed by atoms with Gasteiger partial charge in [0, 0.05) is 12.8 Å². The van der Waals surface area contributed by atoms with E-state index in [0.29, 0.717) is 0 Å². The number of nitriles is 1. The molecule has 0 spiro atoms. The van der Waals surface area contributed by atoms with Gasteiger partial charge in [-0.15, -0.1) is 0 Å². The molecule has 19 heavy (non-hydrogen) atoms. The molecule has 0 aliphatic rings. The maximum absolute atomic E-state index is 11.8. The number of nitrogens with zero attached hydrogens (tertiary/aromatic N) is 3. The van der Waals surface area contributed by atoms with Crippen LogP contribution in [0.3, 0.4) is 0 Å². The minimum atomic E-state index is -0.797. The number of nitrogens with one attached hydrogen (secondary N) is 1. The van der Waals surface area contributed by atoms with Gasteiger partial charge in [0.05, 0.1) is 18.2 Å². The lowest BCUT2D eigenvalue weighted by Gasteiger charge is -2.10. The third kappa shape index (κ3) is 2.42. The number of nitrogens with two attached hydrogens (primary N) is 1. The van der Waals surface area contributed by atoms with E-state index in [-0.39, 0.29) is 42.1 Å². The first-order chi connectivity index (χ1) is 9.06. The van der Waals surface area contributed by atoms with Gasteiger partial charge in [-0.2, -0.15) is 10.2 Å². The van der Waals surface area contributed by atoms with Crippen molar-refractivity contribution in [1.82, 2.24) is 14.5 Å². The molecule has 1 unspecified atom stereocenters. The van der Waals surface area contributed by atoms with E-state index in [1.165, 1.54) is 10.8 Å². The zero-order valence-corrected chi connectivity index (χ0v) is 10.00. The third-order valence-electron chi connectivity index (χ3n) is 2.74. The average molecular weight is 263 g/mol. The highest BCUT2D eigenvalue weighted by molar-refractivity contribution is 5.83.